The fourth-order valence-corrected chi connectivity index (χ4v) is 2.68. The Bertz CT molecular complexity index is 1120. The van der Waals surface area contributed by atoms with E-state index in [9.17, 15) is 19.7 Å². The van der Waals surface area contributed by atoms with Gasteiger partial charge in [0.25, 0.3) is 17.5 Å². The van der Waals surface area contributed by atoms with Crippen molar-refractivity contribution in [1.29, 1.82) is 0 Å². The highest BCUT2D eigenvalue weighted by Gasteiger charge is 2.17. The van der Waals surface area contributed by atoms with E-state index in [1.165, 1.54) is 23.1 Å². The minimum absolute atomic E-state index is 0.0359. The predicted octanol–water partition coefficient (Wildman–Crippen LogP) is 3.71. The van der Waals surface area contributed by atoms with Crippen LogP contribution in [0.1, 0.15) is 16.1 Å². The standard InChI is InChI=1S/C22H19N3O5/c1-24(2)22(27)19(23-21(26)15-7-4-3-5-8-15)14-18-11-12-20(30-18)16-9-6-10-17(13-16)25(28)29/h3-14H,1-2H3,(H,23,26)/b19-14-. The number of nitro benzene ring substituents is 1. The minimum atomic E-state index is -0.486. The molecule has 2 aromatic carbocycles. The molecule has 30 heavy (non-hydrogen) atoms. The molecule has 8 nitrogen and oxygen atoms in total. The molecule has 0 saturated carbocycles. The number of hydrogen-bond acceptors (Lipinski definition) is 5. The number of non-ortho nitro benzene ring substituents is 1. The average molecular weight is 405 g/mol. The van der Waals surface area contributed by atoms with Crippen LogP contribution in [0.15, 0.2) is 76.8 Å². The summed E-state index contributed by atoms with van der Waals surface area (Å²) >= 11 is 0. The number of nitrogens with one attached hydrogen (secondary N) is 1. The second kappa shape index (κ2) is 8.87. The zero-order valence-electron chi connectivity index (χ0n) is 16.4. The van der Waals surface area contributed by atoms with Gasteiger partial charge in [-0.2, -0.15) is 0 Å². The van der Waals surface area contributed by atoms with Crippen LogP contribution in [-0.2, 0) is 4.79 Å². The Morgan fingerprint density at radius 1 is 1.03 bits per heavy atom. The van der Waals surface area contributed by atoms with Crippen molar-refractivity contribution in [2.24, 2.45) is 0 Å². The lowest BCUT2D eigenvalue weighted by molar-refractivity contribution is -0.384. The van der Waals surface area contributed by atoms with Gasteiger partial charge in [0.15, 0.2) is 0 Å². The Hall–Kier alpha value is -4.20. The number of likely N-dealkylation sites (N-methyl/N-ethyl adjacent to an activating group) is 1. The van der Waals surface area contributed by atoms with Gasteiger partial charge in [0.2, 0.25) is 0 Å². The van der Waals surface area contributed by atoms with Crippen LogP contribution in [0.5, 0.6) is 0 Å². The first-order valence-corrected chi connectivity index (χ1v) is 8.99. The van der Waals surface area contributed by atoms with E-state index in [-0.39, 0.29) is 11.4 Å². The Balaban J connectivity index is 1.90. The molecule has 0 unspecified atom stereocenters. The molecular formula is C22H19N3O5. The number of benzene rings is 2. The third kappa shape index (κ3) is 4.79. The maximum atomic E-state index is 12.5. The minimum Gasteiger partial charge on any atom is -0.457 e. The molecule has 0 aliphatic rings. The van der Waals surface area contributed by atoms with E-state index in [4.69, 9.17) is 4.42 Å². The van der Waals surface area contributed by atoms with Crippen molar-refractivity contribution in [2.75, 3.05) is 14.1 Å². The van der Waals surface area contributed by atoms with Crippen molar-refractivity contribution < 1.29 is 18.9 Å². The molecule has 0 spiro atoms. The van der Waals surface area contributed by atoms with Crippen molar-refractivity contribution in [3.8, 4) is 11.3 Å². The van der Waals surface area contributed by atoms with Crippen LogP contribution in [0.4, 0.5) is 5.69 Å². The van der Waals surface area contributed by atoms with E-state index in [1.54, 1.807) is 68.7 Å². The lowest BCUT2D eigenvalue weighted by atomic mass is 10.1. The summed E-state index contributed by atoms with van der Waals surface area (Å²) in [4.78, 5) is 36.8. The van der Waals surface area contributed by atoms with Gasteiger partial charge in [-0.15, -0.1) is 0 Å². The molecule has 1 aromatic heterocycles. The van der Waals surface area contributed by atoms with Crippen molar-refractivity contribution in [1.82, 2.24) is 10.2 Å². The number of nitrogens with zero attached hydrogens (tertiary/aromatic N) is 2. The Kier molecular flexibility index (Phi) is 6.07. The third-order valence-electron chi connectivity index (χ3n) is 4.18. The second-order valence-electron chi connectivity index (χ2n) is 6.59. The first kappa shape index (κ1) is 20.5. The van der Waals surface area contributed by atoms with Crippen LogP contribution in [0.3, 0.4) is 0 Å². The van der Waals surface area contributed by atoms with Crippen molar-refractivity contribution in [3.63, 3.8) is 0 Å². The summed E-state index contributed by atoms with van der Waals surface area (Å²) in [6.07, 6.45) is 1.42. The molecule has 0 fully saturated rings. The van der Waals surface area contributed by atoms with Crippen molar-refractivity contribution in [2.45, 2.75) is 0 Å². The predicted molar refractivity (Wildman–Crippen MR) is 111 cm³/mol. The molecule has 2 amide bonds. The summed E-state index contributed by atoms with van der Waals surface area (Å²) in [5, 5.41) is 13.6. The number of nitro groups is 1. The molecule has 0 saturated heterocycles. The Morgan fingerprint density at radius 2 is 1.77 bits per heavy atom. The highest BCUT2D eigenvalue weighted by Crippen LogP contribution is 2.26. The summed E-state index contributed by atoms with van der Waals surface area (Å²) in [6.45, 7) is 0. The zero-order chi connectivity index (χ0) is 21.7. The summed E-state index contributed by atoms with van der Waals surface area (Å²) in [6, 6.07) is 17.8. The van der Waals surface area contributed by atoms with Gasteiger partial charge in [-0.25, -0.2) is 0 Å². The first-order chi connectivity index (χ1) is 14.3. The molecule has 152 valence electrons. The highest BCUT2D eigenvalue weighted by molar-refractivity contribution is 6.05. The van der Waals surface area contributed by atoms with Crippen LogP contribution in [0.2, 0.25) is 0 Å². The first-order valence-electron chi connectivity index (χ1n) is 8.99. The molecule has 3 aromatic rings. The number of rotatable bonds is 6. The second-order valence-corrected chi connectivity index (χ2v) is 6.59. The molecule has 8 heteroatoms. The van der Waals surface area contributed by atoms with E-state index in [1.807, 2.05) is 0 Å². The number of amides is 2. The fraction of sp³-hybridized carbons (Fsp3) is 0.0909. The zero-order valence-corrected chi connectivity index (χ0v) is 16.4. The van der Waals surface area contributed by atoms with Crippen molar-refractivity contribution in [3.05, 3.63) is 93.9 Å². The summed E-state index contributed by atoms with van der Waals surface area (Å²) in [7, 11) is 3.14. The van der Waals surface area contributed by atoms with E-state index in [0.29, 0.717) is 22.6 Å². The van der Waals surface area contributed by atoms with Crippen LogP contribution < -0.4 is 5.32 Å². The molecule has 0 aliphatic carbocycles. The van der Waals surface area contributed by atoms with Gasteiger partial charge in [-0.05, 0) is 24.3 Å². The molecule has 1 N–H and O–H groups in total. The SMILES string of the molecule is CN(C)C(=O)/C(=C/c1ccc(-c2cccc([N+](=O)[O-])c2)o1)NC(=O)c1ccccc1. The topological polar surface area (TPSA) is 106 Å². The van der Waals surface area contributed by atoms with E-state index >= 15 is 0 Å². The van der Waals surface area contributed by atoms with E-state index in [2.05, 4.69) is 5.32 Å². The van der Waals surface area contributed by atoms with Gasteiger partial charge >= 0.3 is 0 Å². The van der Waals surface area contributed by atoms with Gasteiger partial charge in [-0.1, -0.05) is 30.3 Å². The smallest absolute Gasteiger partial charge is 0.270 e. The van der Waals surface area contributed by atoms with Gasteiger partial charge < -0.3 is 14.6 Å². The molecular weight excluding hydrogens is 386 g/mol. The Labute approximate surface area is 172 Å². The van der Waals surface area contributed by atoms with Gasteiger partial charge in [0, 0.05) is 43.4 Å². The van der Waals surface area contributed by atoms with Crippen LogP contribution in [0, 0.1) is 10.1 Å². The average Bonchev–Trinajstić information content (AvgIpc) is 3.22. The molecule has 0 bridgehead atoms. The van der Waals surface area contributed by atoms with E-state index < -0.39 is 16.7 Å². The van der Waals surface area contributed by atoms with E-state index in [0.717, 1.165) is 0 Å². The molecule has 0 aliphatic heterocycles. The quantitative estimate of drug-likeness (QED) is 0.382. The highest BCUT2D eigenvalue weighted by atomic mass is 16.6. The number of furan rings is 1. The monoisotopic (exact) mass is 405 g/mol. The van der Waals surface area contributed by atoms with Crippen LogP contribution >= 0.6 is 0 Å². The fourth-order valence-electron chi connectivity index (χ4n) is 2.68. The molecule has 0 atom stereocenters. The summed E-state index contributed by atoms with van der Waals surface area (Å²) in [5.74, 6) is -0.124. The van der Waals surface area contributed by atoms with Gasteiger partial charge in [0.1, 0.15) is 17.2 Å². The lowest BCUT2D eigenvalue weighted by Gasteiger charge is -2.14. The molecule has 3 rings (SSSR count). The largest absolute Gasteiger partial charge is 0.457 e. The number of carbonyl (C=O) groups excluding carboxylic acids is 2. The number of carbonyl (C=O) groups is 2. The lowest BCUT2D eigenvalue weighted by Crippen LogP contribution is -2.34. The third-order valence-corrected chi connectivity index (χ3v) is 4.18. The van der Waals surface area contributed by atoms with Gasteiger partial charge in [-0.3, -0.25) is 19.7 Å². The maximum absolute atomic E-state index is 12.5. The summed E-state index contributed by atoms with van der Waals surface area (Å²) in [5.41, 5.74) is 0.915. The number of hydrogen-bond donors (Lipinski definition) is 1. The molecule has 0 radical (unpaired) electrons. The van der Waals surface area contributed by atoms with Crippen LogP contribution in [-0.4, -0.2) is 35.7 Å². The molecule has 1 heterocycles. The maximum Gasteiger partial charge on any atom is 0.270 e. The van der Waals surface area contributed by atoms with Crippen molar-refractivity contribution >= 4 is 23.6 Å². The Morgan fingerprint density at radius 3 is 2.43 bits per heavy atom. The summed E-state index contributed by atoms with van der Waals surface area (Å²) < 4.78 is 5.73. The van der Waals surface area contributed by atoms with Gasteiger partial charge in [0.05, 0.1) is 4.92 Å². The normalized spacial score (nSPS) is 11.1. The van der Waals surface area contributed by atoms with Crippen LogP contribution in [0.25, 0.3) is 17.4 Å².